The fraction of sp³-hybridized carbons (Fsp3) is 0.480. The second-order valence-electron chi connectivity index (χ2n) is 9.39. The van der Waals surface area contributed by atoms with Crippen molar-refractivity contribution < 1.29 is 9.47 Å². The van der Waals surface area contributed by atoms with Gasteiger partial charge in [-0.15, -0.1) is 0 Å². The van der Waals surface area contributed by atoms with E-state index in [1.165, 1.54) is 11.1 Å². The summed E-state index contributed by atoms with van der Waals surface area (Å²) >= 11 is 0. The van der Waals surface area contributed by atoms with Gasteiger partial charge in [-0.05, 0) is 54.0 Å². The number of hydrogen-bond donors (Lipinski definition) is 1. The summed E-state index contributed by atoms with van der Waals surface area (Å²) < 4.78 is 10.9. The van der Waals surface area contributed by atoms with E-state index in [0.717, 1.165) is 62.4 Å². The van der Waals surface area contributed by atoms with E-state index in [9.17, 15) is 4.79 Å². The number of hydrogen-bond acceptors (Lipinski definition) is 7. The third-order valence-corrected chi connectivity index (χ3v) is 7.22. The van der Waals surface area contributed by atoms with Crippen molar-refractivity contribution in [2.75, 3.05) is 38.8 Å². The largest absolute Gasteiger partial charge is 0.497 e. The van der Waals surface area contributed by atoms with Gasteiger partial charge in [0.05, 0.1) is 29.8 Å². The highest BCUT2D eigenvalue weighted by molar-refractivity contribution is 5.85. The Bertz CT molecular complexity index is 1260. The Hall–Kier alpha value is -2.97. The molecule has 3 aliphatic rings. The number of aromatic nitrogens is 3. The highest BCUT2D eigenvalue weighted by Gasteiger charge is 2.30. The first-order valence-electron chi connectivity index (χ1n) is 11.7. The van der Waals surface area contributed by atoms with Crippen molar-refractivity contribution in [2.24, 2.45) is 0 Å². The van der Waals surface area contributed by atoms with Gasteiger partial charge >= 0.3 is 0 Å². The molecule has 1 saturated heterocycles. The standard InChI is InChI=1S/C25H29N5O3/c1-32-17-9-20(15-3-4-15)23-21(10-17)27-25(28-24(23)31)30-8-6-19-16(11-30)5-7-26-22(19)14-29-12-18(13-29)33-2/h5,7,9-10,15,18H,3-4,6,8,11-14H2,1-2H3,(H,27,28,31). The van der Waals surface area contributed by atoms with Crippen LogP contribution in [0.15, 0.2) is 29.2 Å². The molecule has 2 aromatic heterocycles. The average molecular weight is 448 g/mol. The lowest BCUT2D eigenvalue weighted by Crippen LogP contribution is -2.51. The first kappa shape index (κ1) is 20.6. The number of H-pyrrole nitrogens is 1. The fourth-order valence-electron chi connectivity index (χ4n) is 5.14. The maximum Gasteiger partial charge on any atom is 0.260 e. The molecule has 3 aromatic rings. The van der Waals surface area contributed by atoms with Crippen LogP contribution in [-0.4, -0.2) is 59.8 Å². The van der Waals surface area contributed by atoms with Gasteiger partial charge in [0.2, 0.25) is 5.95 Å². The first-order chi connectivity index (χ1) is 16.1. The third kappa shape index (κ3) is 3.77. The molecular weight excluding hydrogens is 418 g/mol. The van der Waals surface area contributed by atoms with Gasteiger partial charge in [0.15, 0.2) is 0 Å². The monoisotopic (exact) mass is 447 g/mol. The van der Waals surface area contributed by atoms with Gasteiger partial charge in [-0.3, -0.25) is 19.7 Å². The normalized spacial score (nSPS) is 18.9. The fourth-order valence-corrected chi connectivity index (χ4v) is 5.14. The number of anilines is 1. The van der Waals surface area contributed by atoms with Crippen molar-refractivity contribution in [2.45, 2.75) is 44.4 Å². The molecule has 2 aliphatic heterocycles. The number of likely N-dealkylation sites (tertiary alicyclic amines) is 1. The van der Waals surface area contributed by atoms with E-state index in [1.54, 1.807) is 14.2 Å². The van der Waals surface area contributed by atoms with Crippen LogP contribution in [0.1, 0.15) is 41.1 Å². The Labute approximate surface area is 192 Å². The van der Waals surface area contributed by atoms with E-state index in [1.807, 2.05) is 18.3 Å². The van der Waals surface area contributed by atoms with Crippen LogP contribution in [0.4, 0.5) is 5.95 Å². The molecule has 4 heterocycles. The Morgan fingerprint density at radius 1 is 1.21 bits per heavy atom. The number of benzene rings is 1. The van der Waals surface area contributed by atoms with E-state index in [4.69, 9.17) is 14.5 Å². The van der Waals surface area contributed by atoms with E-state index in [2.05, 4.69) is 25.8 Å². The second-order valence-corrected chi connectivity index (χ2v) is 9.39. The van der Waals surface area contributed by atoms with Crippen LogP contribution in [0.3, 0.4) is 0 Å². The molecule has 172 valence electrons. The lowest BCUT2D eigenvalue weighted by molar-refractivity contribution is -0.0340. The summed E-state index contributed by atoms with van der Waals surface area (Å²) in [5.41, 5.74) is 5.44. The summed E-state index contributed by atoms with van der Waals surface area (Å²) in [6.07, 6.45) is 5.36. The molecule has 0 radical (unpaired) electrons. The summed E-state index contributed by atoms with van der Waals surface area (Å²) in [6.45, 7) is 4.28. The summed E-state index contributed by atoms with van der Waals surface area (Å²) in [7, 11) is 3.43. The number of nitrogens with one attached hydrogen (secondary N) is 1. The van der Waals surface area contributed by atoms with Gasteiger partial charge in [0.25, 0.3) is 5.56 Å². The van der Waals surface area contributed by atoms with Gasteiger partial charge in [-0.25, -0.2) is 4.98 Å². The maximum absolute atomic E-state index is 13.1. The number of aromatic amines is 1. The SMILES string of the molecule is COc1cc(C2CC2)c2c(=O)[nH]c(N3CCc4c(ccnc4CN4CC(OC)C4)C3)nc2c1. The van der Waals surface area contributed by atoms with Gasteiger partial charge in [-0.2, -0.15) is 0 Å². The third-order valence-electron chi connectivity index (χ3n) is 7.22. The molecule has 33 heavy (non-hydrogen) atoms. The minimum atomic E-state index is -0.0637. The quantitative estimate of drug-likeness (QED) is 0.622. The highest BCUT2D eigenvalue weighted by atomic mass is 16.5. The molecule has 1 N–H and O–H groups in total. The van der Waals surface area contributed by atoms with E-state index in [-0.39, 0.29) is 5.56 Å². The Balaban J connectivity index is 1.29. The number of ether oxygens (including phenoxy) is 2. The van der Waals surface area contributed by atoms with E-state index < -0.39 is 0 Å². The molecule has 0 atom stereocenters. The van der Waals surface area contributed by atoms with E-state index >= 15 is 0 Å². The molecule has 8 nitrogen and oxygen atoms in total. The van der Waals surface area contributed by atoms with Crippen LogP contribution < -0.4 is 15.2 Å². The predicted molar refractivity (Wildman–Crippen MR) is 126 cm³/mol. The van der Waals surface area contributed by atoms with Gasteiger partial charge in [0.1, 0.15) is 5.75 Å². The Morgan fingerprint density at radius 3 is 2.82 bits per heavy atom. The number of fused-ring (bicyclic) bond motifs is 2. The van der Waals surface area contributed by atoms with Crippen molar-refractivity contribution in [3.63, 3.8) is 0 Å². The average Bonchev–Trinajstić information content (AvgIpc) is 3.65. The number of nitrogens with zero attached hydrogens (tertiary/aromatic N) is 4. The topological polar surface area (TPSA) is 83.6 Å². The van der Waals surface area contributed by atoms with Crippen molar-refractivity contribution in [1.82, 2.24) is 19.9 Å². The van der Waals surface area contributed by atoms with Gasteiger partial charge in [0, 0.05) is 52.1 Å². The van der Waals surface area contributed by atoms with Crippen LogP contribution in [0.2, 0.25) is 0 Å². The lowest BCUT2D eigenvalue weighted by atomic mass is 9.97. The second kappa shape index (κ2) is 8.11. The minimum Gasteiger partial charge on any atom is -0.497 e. The van der Waals surface area contributed by atoms with Crippen LogP contribution in [0.25, 0.3) is 10.9 Å². The maximum atomic E-state index is 13.1. The Kier molecular flexibility index (Phi) is 5.07. The van der Waals surface area contributed by atoms with Crippen molar-refractivity contribution in [1.29, 1.82) is 0 Å². The zero-order chi connectivity index (χ0) is 22.5. The molecular formula is C25H29N5O3. The minimum absolute atomic E-state index is 0.0637. The molecule has 0 amide bonds. The van der Waals surface area contributed by atoms with Crippen LogP contribution in [0, 0.1) is 0 Å². The number of pyridine rings is 1. The lowest BCUT2D eigenvalue weighted by Gasteiger charge is -2.38. The molecule has 1 saturated carbocycles. The zero-order valence-electron chi connectivity index (χ0n) is 19.1. The Morgan fingerprint density at radius 2 is 2.06 bits per heavy atom. The summed E-state index contributed by atoms with van der Waals surface area (Å²) in [4.78, 5) is 30.3. The number of rotatable bonds is 6. The molecule has 0 spiro atoms. The number of methoxy groups -OCH3 is 2. The molecule has 1 aromatic carbocycles. The predicted octanol–water partition coefficient (Wildman–Crippen LogP) is 2.60. The van der Waals surface area contributed by atoms with Crippen LogP contribution >= 0.6 is 0 Å². The first-order valence-corrected chi connectivity index (χ1v) is 11.7. The summed E-state index contributed by atoms with van der Waals surface area (Å²) in [6, 6.07) is 5.96. The van der Waals surface area contributed by atoms with Crippen molar-refractivity contribution in [3.8, 4) is 5.75 Å². The molecule has 0 bridgehead atoms. The van der Waals surface area contributed by atoms with E-state index in [0.29, 0.717) is 35.4 Å². The summed E-state index contributed by atoms with van der Waals surface area (Å²) in [5.74, 6) is 1.82. The van der Waals surface area contributed by atoms with Crippen molar-refractivity contribution >= 4 is 16.9 Å². The van der Waals surface area contributed by atoms with Gasteiger partial charge < -0.3 is 14.4 Å². The van der Waals surface area contributed by atoms with Crippen LogP contribution in [-0.2, 0) is 24.2 Å². The smallest absolute Gasteiger partial charge is 0.260 e. The molecule has 8 heteroatoms. The molecule has 2 fully saturated rings. The summed E-state index contributed by atoms with van der Waals surface area (Å²) in [5, 5.41) is 0.704. The van der Waals surface area contributed by atoms with Gasteiger partial charge in [-0.1, -0.05) is 0 Å². The van der Waals surface area contributed by atoms with Crippen LogP contribution in [0.5, 0.6) is 5.75 Å². The zero-order valence-corrected chi connectivity index (χ0v) is 19.1. The highest BCUT2D eigenvalue weighted by Crippen LogP contribution is 2.43. The molecule has 0 unspecified atom stereocenters. The molecule has 1 aliphatic carbocycles. The van der Waals surface area contributed by atoms with Crippen molar-refractivity contribution in [3.05, 3.63) is 57.1 Å². The molecule has 6 rings (SSSR count).